The quantitative estimate of drug-likeness (QED) is 0.264. The molecule has 0 aromatic carbocycles. The molecule has 18 heavy (non-hydrogen) atoms. The summed E-state index contributed by atoms with van der Waals surface area (Å²) < 4.78 is 9.41. The number of rotatable bonds is 9. The molecule has 0 saturated carbocycles. The molecular weight excluding hydrogens is 244 g/mol. The Morgan fingerprint density at radius 2 is 1.22 bits per heavy atom. The zero-order valence-corrected chi connectivity index (χ0v) is 10.1. The summed E-state index contributed by atoms with van der Waals surface area (Å²) in [5, 5.41) is 17.1. The summed E-state index contributed by atoms with van der Waals surface area (Å²) in [6.07, 6.45) is 0.222. The van der Waals surface area contributed by atoms with E-state index >= 15 is 0 Å². The molecule has 0 radical (unpaired) electrons. The molecule has 0 aliphatic rings. The monoisotopic (exact) mass is 264 g/mol. The van der Waals surface area contributed by atoms with Crippen LogP contribution in [0.1, 0.15) is 12.8 Å². The van der Waals surface area contributed by atoms with E-state index in [4.69, 9.17) is 31.2 Å². The van der Waals surface area contributed by atoms with Gasteiger partial charge in [0.25, 0.3) is 0 Å². The average Bonchev–Trinajstić information content (AvgIpc) is 2.34. The highest BCUT2D eigenvalue weighted by atomic mass is 16.6. The van der Waals surface area contributed by atoms with Gasteiger partial charge in [0.05, 0.1) is 0 Å². The number of nitrogens with two attached hydrogens (primary N) is 2. The van der Waals surface area contributed by atoms with Crippen molar-refractivity contribution in [1.82, 2.24) is 0 Å². The summed E-state index contributed by atoms with van der Waals surface area (Å²) in [7, 11) is 0. The van der Waals surface area contributed by atoms with Crippen LogP contribution in [0.2, 0.25) is 0 Å². The minimum atomic E-state index is -0.887. The summed E-state index contributed by atoms with van der Waals surface area (Å²) in [5.74, 6) is -1.33. The molecule has 0 unspecified atom stereocenters. The maximum atomic E-state index is 11.2. The Morgan fingerprint density at radius 1 is 0.889 bits per heavy atom. The topological polar surface area (TPSA) is 145 Å². The van der Waals surface area contributed by atoms with Gasteiger partial charge >= 0.3 is 11.9 Å². The molecule has 0 bridgehead atoms. The summed E-state index contributed by atoms with van der Waals surface area (Å²) in [6, 6.07) is -1.77. The lowest BCUT2D eigenvalue weighted by atomic mass is 10.2. The lowest BCUT2D eigenvalue weighted by Crippen LogP contribution is -2.35. The molecule has 8 heteroatoms. The van der Waals surface area contributed by atoms with Crippen LogP contribution >= 0.6 is 0 Å². The van der Waals surface area contributed by atoms with Crippen LogP contribution in [-0.4, -0.2) is 60.7 Å². The van der Waals surface area contributed by atoms with E-state index in [1.54, 1.807) is 0 Å². The van der Waals surface area contributed by atoms with E-state index in [-0.39, 0.29) is 39.3 Å². The molecule has 0 rings (SSSR count). The number of ether oxygens (including phenoxy) is 2. The summed E-state index contributed by atoms with van der Waals surface area (Å²) in [6.45, 7) is -0.673. The maximum Gasteiger partial charge on any atom is 0.323 e. The van der Waals surface area contributed by atoms with Gasteiger partial charge in [-0.3, -0.25) is 9.59 Å². The van der Waals surface area contributed by atoms with Gasteiger partial charge in [-0.1, -0.05) is 0 Å². The molecular formula is C10H20N2O6. The molecule has 0 aromatic rings. The number of carbonyl (C=O) groups is 2. The van der Waals surface area contributed by atoms with Crippen LogP contribution in [0.15, 0.2) is 0 Å². The van der Waals surface area contributed by atoms with Crippen LogP contribution < -0.4 is 11.5 Å². The van der Waals surface area contributed by atoms with Crippen molar-refractivity contribution in [3.05, 3.63) is 0 Å². The van der Waals surface area contributed by atoms with Gasteiger partial charge in [0.15, 0.2) is 0 Å². The molecule has 0 heterocycles. The Balaban J connectivity index is 3.67. The molecule has 2 atom stereocenters. The predicted molar refractivity (Wildman–Crippen MR) is 61.3 cm³/mol. The molecule has 8 nitrogen and oxygen atoms in total. The first-order valence-corrected chi connectivity index (χ1v) is 5.59. The predicted octanol–water partition coefficient (Wildman–Crippen LogP) is -2.51. The van der Waals surface area contributed by atoms with Gasteiger partial charge in [-0.05, 0) is 12.8 Å². The zero-order valence-electron chi connectivity index (χ0n) is 10.1. The largest absolute Gasteiger partial charge is 0.461 e. The standard InChI is InChI=1S/C10H20N2O6/c11-7(1-3-13)9(15)17-5-6-18-10(16)8(12)2-4-14/h7-8,13-14H,1-6,11-12H2/t7-,8-/m0/s1. The Hall–Kier alpha value is -1.22. The SMILES string of the molecule is N[C@@H](CCO)C(=O)OCCOC(=O)[C@@H](N)CCO. The number of hydrogen-bond acceptors (Lipinski definition) is 8. The highest BCUT2D eigenvalue weighted by molar-refractivity contribution is 5.76. The molecule has 0 spiro atoms. The first kappa shape index (κ1) is 16.8. The van der Waals surface area contributed by atoms with Crippen LogP contribution in [0.4, 0.5) is 0 Å². The third-order valence-corrected chi connectivity index (χ3v) is 2.06. The minimum absolute atomic E-state index is 0.111. The van der Waals surface area contributed by atoms with E-state index < -0.39 is 24.0 Å². The van der Waals surface area contributed by atoms with Crippen molar-refractivity contribution >= 4 is 11.9 Å². The van der Waals surface area contributed by atoms with Crippen LogP contribution in [-0.2, 0) is 19.1 Å². The lowest BCUT2D eigenvalue weighted by molar-refractivity contribution is -0.154. The van der Waals surface area contributed by atoms with Crippen LogP contribution in [0.25, 0.3) is 0 Å². The van der Waals surface area contributed by atoms with Crippen molar-refractivity contribution in [2.24, 2.45) is 11.5 Å². The van der Waals surface area contributed by atoms with Crippen LogP contribution in [0.5, 0.6) is 0 Å². The van der Waals surface area contributed by atoms with Gasteiger partial charge < -0.3 is 31.2 Å². The average molecular weight is 264 g/mol. The van der Waals surface area contributed by atoms with E-state index in [9.17, 15) is 9.59 Å². The number of carbonyl (C=O) groups excluding carboxylic acids is 2. The summed E-state index contributed by atoms with van der Waals surface area (Å²) in [4.78, 5) is 22.3. The number of esters is 2. The van der Waals surface area contributed by atoms with Crippen molar-refractivity contribution in [2.75, 3.05) is 26.4 Å². The van der Waals surface area contributed by atoms with E-state index in [1.807, 2.05) is 0 Å². The van der Waals surface area contributed by atoms with Crippen molar-refractivity contribution in [1.29, 1.82) is 0 Å². The van der Waals surface area contributed by atoms with Gasteiger partial charge in [-0.15, -0.1) is 0 Å². The van der Waals surface area contributed by atoms with Crippen molar-refractivity contribution < 1.29 is 29.3 Å². The van der Waals surface area contributed by atoms with Crippen LogP contribution in [0, 0.1) is 0 Å². The second kappa shape index (κ2) is 9.77. The smallest absolute Gasteiger partial charge is 0.323 e. The normalized spacial score (nSPS) is 13.8. The Kier molecular flexibility index (Phi) is 9.11. The van der Waals surface area contributed by atoms with Gasteiger partial charge in [-0.2, -0.15) is 0 Å². The zero-order chi connectivity index (χ0) is 14.0. The lowest BCUT2D eigenvalue weighted by Gasteiger charge is -2.12. The summed E-state index contributed by atoms with van der Waals surface area (Å²) >= 11 is 0. The van der Waals surface area contributed by atoms with Crippen molar-refractivity contribution in [2.45, 2.75) is 24.9 Å². The fourth-order valence-corrected chi connectivity index (χ4v) is 1.01. The van der Waals surface area contributed by atoms with Gasteiger partial charge in [0, 0.05) is 13.2 Å². The number of aliphatic hydroxyl groups is 2. The fraction of sp³-hybridized carbons (Fsp3) is 0.800. The van der Waals surface area contributed by atoms with Gasteiger partial charge in [-0.25, -0.2) is 0 Å². The molecule has 0 aliphatic heterocycles. The Bertz CT molecular complexity index is 235. The second-order valence-corrected chi connectivity index (χ2v) is 3.57. The highest BCUT2D eigenvalue weighted by Gasteiger charge is 2.16. The molecule has 0 fully saturated rings. The van der Waals surface area contributed by atoms with Crippen LogP contribution in [0.3, 0.4) is 0 Å². The van der Waals surface area contributed by atoms with Gasteiger partial charge in [0.2, 0.25) is 0 Å². The number of aliphatic hydroxyl groups excluding tert-OH is 2. The Morgan fingerprint density at radius 3 is 1.50 bits per heavy atom. The first-order chi connectivity index (χ1) is 8.52. The van der Waals surface area contributed by atoms with Gasteiger partial charge in [0.1, 0.15) is 25.3 Å². The molecule has 106 valence electrons. The van der Waals surface area contributed by atoms with E-state index in [0.717, 1.165) is 0 Å². The molecule has 0 aromatic heterocycles. The third kappa shape index (κ3) is 7.17. The molecule has 6 N–H and O–H groups in total. The molecule has 0 saturated heterocycles. The third-order valence-electron chi connectivity index (χ3n) is 2.06. The van der Waals surface area contributed by atoms with Crippen molar-refractivity contribution in [3.8, 4) is 0 Å². The molecule has 0 amide bonds. The first-order valence-electron chi connectivity index (χ1n) is 5.59. The minimum Gasteiger partial charge on any atom is -0.461 e. The fourth-order valence-electron chi connectivity index (χ4n) is 1.01. The van der Waals surface area contributed by atoms with E-state index in [2.05, 4.69) is 0 Å². The summed E-state index contributed by atoms with van der Waals surface area (Å²) in [5.41, 5.74) is 10.7. The number of hydrogen-bond donors (Lipinski definition) is 4. The molecule has 0 aliphatic carbocycles. The van der Waals surface area contributed by atoms with E-state index in [0.29, 0.717) is 0 Å². The highest BCUT2D eigenvalue weighted by Crippen LogP contribution is 1.94. The van der Waals surface area contributed by atoms with Crippen molar-refractivity contribution in [3.63, 3.8) is 0 Å². The second-order valence-electron chi connectivity index (χ2n) is 3.57. The Labute approximate surface area is 105 Å². The maximum absolute atomic E-state index is 11.2. The van der Waals surface area contributed by atoms with E-state index in [1.165, 1.54) is 0 Å².